The summed E-state index contributed by atoms with van der Waals surface area (Å²) in [5.41, 5.74) is 0. The second kappa shape index (κ2) is 6.83. The lowest BCUT2D eigenvalue weighted by molar-refractivity contribution is -0.183. The highest BCUT2D eigenvalue weighted by Crippen LogP contribution is 2.19. The number of halogens is 6. The summed E-state index contributed by atoms with van der Waals surface area (Å²) in [6, 6.07) is 2.75. The highest BCUT2D eigenvalue weighted by atomic mass is 19.4. The Morgan fingerprint density at radius 2 is 1.86 bits per heavy atom. The average Bonchev–Trinajstić information content (AvgIpc) is 2.77. The van der Waals surface area contributed by atoms with Crippen LogP contribution < -0.4 is 0 Å². The minimum absolute atomic E-state index is 0.0726. The van der Waals surface area contributed by atoms with Crippen molar-refractivity contribution in [1.82, 2.24) is 4.90 Å². The minimum atomic E-state index is -4.69. The summed E-state index contributed by atoms with van der Waals surface area (Å²) in [5.74, 6) is -1.14. The van der Waals surface area contributed by atoms with Crippen molar-refractivity contribution in [2.75, 3.05) is 19.8 Å². The topological polar surface area (TPSA) is 42.7 Å². The smallest absolute Gasteiger partial charge is 0.411 e. The van der Waals surface area contributed by atoms with Gasteiger partial charge >= 0.3 is 12.4 Å². The van der Waals surface area contributed by atoms with E-state index in [1.54, 1.807) is 0 Å². The van der Waals surface area contributed by atoms with Crippen molar-refractivity contribution in [2.24, 2.45) is 0 Å². The molecule has 1 aromatic heterocycles. The quantitative estimate of drug-likeness (QED) is 0.757. The highest BCUT2D eigenvalue weighted by molar-refractivity contribution is 5.77. The van der Waals surface area contributed by atoms with E-state index in [0.717, 1.165) is 0 Å². The molecule has 1 aromatic rings. The predicted molar refractivity (Wildman–Crippen MR) is 57.1 cm³/mol. The first-order valence-corrected chi connectivity index (χ1v) is 5.58. The highest BCUT2D eigenvalue weighted by Gasteiger charge is 2.34. The molecule has 0 aromatic carbocycles. The second-order valence-corrected chi connectivity index (χ2v) is 4.05. The number of amides is 1. The van der Waals surface area contributed by atoms with E-state index in [4.69, 9.17) is 4.42 Å². The third-order valence-corrected chi connectivity index (χ3v) is 2.14. The van der Waals surface area contributed by atoms with Gasteiger partial charge in [0, 0.05) is 0 Å². The molecule has 4 nitrogen and oxygen atoms in total. The van der Waals surface area contributed by atoms with Crippen LogP contribution in [0.25, 0.3) is 0 Å². The van der Waals surface area contributed by atoms with Crippen LogP contribution in [0, 0.1) is 0 Å². The van der Waals surface area contributed by atoms with Gasteiger partial charge in [-0.15, -0.1) is 0 Å². The molecule has 0 aliphatic rings. The molecule has 0 aliphatic carbocycles. The first-order valence-electron chi connectivity index (χ1n) is 5.58. The zero-order valence-corrected chi connectivity index (χ0v) is 10.5. The van der Waals surface area contributed by atoms with Gasteiger partial charge in [0.05, 0.1) is 12.8 Å². The Labute approximate surface area is 115 Å². The van der Waals surface area contributed by atoms with Gasteiger partial charge in [0.15, 0.2) is 0 Å². The maximum atomic E-state index is 12.4. The molecule has 21 heavy (non-hydrogen) atoms. The zero-order valence-electron chi connectivity index (χ0n) is 10.5. The van der Waals surface area contributed by atoms with Gasteiger partial charge in [-0.25, -0.2) is 0 Å². The molecule has 0 unspecified atom stereocenters. The summed E-state index contributed by atoms with van der Waals surface area (Å²) in [6.07, 6.45) is -8.14. The second-order valence-electron chi connectivity index (χ2n) is 4.05. The monoisotopic (exact) mass is 319 g/mol. The lowest BCUT2D eigenvalue weighted by Crippen LogP contribution is -2.40. The molecule has 0 bridgehead atoms. The molecule has 10 heteroatoms. The summed E-state index contributed by atoms with van der Waals surface area (Å²) >= 11 is 0. The van der Waals surface area contributed by atoms with Gasteiger partial charge in [-0.2, -0.15) is 26.3 Å². The number of alkyl halides is 6. The van der Waals surface area contributed by atoms with Crippen molar-refractivity contribution in [3.63, 3.8) is 0 Å². The largest absolute Gasteiger partial charge is 0.467 e. The van der Waals surface area contributed by atoms with Gasteiger partial charge in [-0.3, -0.25) is 4.79 Å². The van der Waals surface area contributed by atoms with Crippen molar-refractivity contribution < 1.29 is 40.3 Å². The van der Waals surface area contributed by atoms with E-state index in [0.29, 0.717) is 4.90 Å². The summed E-state index contributed by atoms with van der Waals surface area (Å²) in [7, 11) is 0. The maximum absolute atomic E-state index is 12.4. The summed E-state index contributed by atoms with van der Waals surface area (Å²) in [6.45, 7) is -4.93. The molecular weight excluding hydrogens is 308 g/mol. The van der Waals surface area contributed by atoms with Crippen LogP contribution in [0.2, 0.25) is 0 Å². The van der Waals surface area contributed by atoms with Crippen molar-refractivity contribution in [3.8, 4) is 0 Å². The Hall–Kier alpha value is -1.71. The number of ether oxygens (including phenoxy) is 1. The molecule has 1 rings (SSSR count). The van der Waals surface area contributed by atoms with Gasteiger partial charge in [0.25, 0.3) is 0 Å². The molecule has 0 atom stereocenters. The van der Waals surface area contributed by atoms with Crippen LogP contribution in [0.1, 0.15) is 5.76 Å². The Morgan fingerprint density at radius 3 is 2.33 bits per heavy atom. The van der Waals surface area contributed by atoms with Gasteiger partial charge in [0.2, 0.25) is 5.91 Å². The van der Waals surface area contributed by atoms with Gasteiger partial charge in [0.1, 0.15) is 25.5 Å². The first kappa shape index (κ1) is 17.3. The Bertz CT molecular complexity index is 440. The van der Waals surface area contributed by atoms with Gasteiger partial charge in [-0.1, -0.05) is 0 Å². The van der Waals surface area contributed by atoms with E-state index in [1.165, 1.54) is 18.4 Å². The number of rotatable bonds is 6. The van der Waals surface area contributed by atoms with Crippen molar-refractivity contribution in [3.05, 3.63) is 24.2 Å². The number of hydrogen-bond acceptors (Lipinski definition) is 3. The zero-order chi connectivity index (χ0) is 16.1. The lowest BCUT2D eigenvalue weighted by atomic mass is 10.3. The van der Waals surface area contributed by atoms with Crippen LogP contribution >= 0.6 is 0 Å². The average molecular weight is 319 g/mol. The van der Waals surface area contributed by atoms with Crippen LogP contribution in [-0.2, 0) is 16.1 Å². The van der Waals surface area contributed by atoms with E-state index in [2.05, 4.69) is 4.74 Å². The summed E-state index contributed by atoms with van der Waals surface area (Å²) in [4.78, 5) is 11.8. The fourth-order valence-electron chi connectivity index (χ4n) is 1.38. The Kier molecular flexibility index (Phi) is 5.64. The van der Waals surface area contributed by atoms with Crippen LogP contribution in [0.4, 0.5) is 26.3 Å². The summed E-state index contributed by atoms with van der Waals surface area (Å²) < 4.78 is 81.5. The third-order valence-electron chi connectivity index (χ3n) is 2.14. The maximum Gasteiger partial charge on any atom is 0.411 e. The number of furan rings is 1. The van der Waals surface area contributed by atoms with E-state index in [1.807, 2.05) is 0 Å². The molecule has 1 amide bonds. The standard InChI is InChI=1S/C11H11F6NO3/c12-10(13,14)6-18(4-8-2-1-3-21-8)9(19)5-20-7-11(15,16)17/h1-3H,4-7H2. The molecule has 0 N–H and O–H groups in total. The van der Waals surface area contributed by atoms with Crippen molar-refractivity contribution in [2.45, 2.75) is 18.9 Å². The fourth-order valence-corrected chi connectivity index (χ4v) is 1.38. The Morgan fingerprint density at radius 1 is 1.19 bits per heavy atom. The minimum Gasteiger partial charge on any atom is -0.467 e. The van der Waals surface area contributed by atoms with Crippen LogP contribution in [-0.4, -0.2) is 42.9 Å². The molecule has 120 valence electrons. The Balaban J connectivity index is 2.60. The molecule has 0 spiro atoms. The number of hydrogen-bond donors (Lipinski definition) is 0. The third kappa shape index (κ3) is 7.59. The summed E-state index contributed by atoms with van der Waals surface area (Å²) in [5, 5.41) is 0. The molecule has 0 fully saturated rings. The van der Waals surface area contributed by atoms with E-state index in [9.17, 15) is 31.1 Å². The number of nitrogens with zero attached hydrogens (tertiary/aromatic N) is 1. The van der Waals surface area contributed by atoms with E-state index in [-0.39, 0.29) is 5.76 Å². The lowest BCUT2D eigenvalue weighted by Gasteiger charge is -2.23. The fraction of sp³-hybridized carbons (Fsp3) is 0.545. The van der Waals surface area contributed by atoms with Crippen LogP contribution in [0.3, 0.4) is 0 Å². The van der Waals surface area contributed by atoms with Gasteiger partial charge < -0.3 is 14.1 Å². The molecule has 0 saturated carbocycles. The van der Waals surface area contributed by atoms with Crippen LogP contribution in [0.15, 0.2) is 22.8 Å². The van der Waals surface area contributed by atoms with Crippen molar-refractivity contribution >= 4 is 5.91 Å². The van der Waals surface area contributed by atoms with Crippen LogP contribution in [0.5, 0.6) is 0 Å². The number of carbonyl (C=O) groups is 1. The number of carbonyl (C=O) groups excluding carboxylic acids is 1. The molecule has 0 saturated heterocycles. The van der Waals surface area contributed by atoms with E-state index >= 15 is 0 Å². The molecule has 1 heterocycles. The van der Waals surface area contributed by atoms with E-state index < -0.39 is 44.6 Å². The first-order chi connectivity index (χ1) is 9.57. The predicted octanol–water partition coefficient (Wildman–Crippen LogP) is 2.75. The molecule has 0 aliphatic heterocycles. The van der Waals surface area contributed by atoms with Gasteiger partial charge in [-0.05, 0) is 12.1 Å². The molecule has 0 radical (unpaired) electrons. The normalized spacial score (nSPS) is 12.5. The van der Waals surface area contributed by atoms with Crippen molar-refractivity contribution in [1.29, 1.82) is 0 Å². The SMILES string of the molecule is O=C(COCC(F)(F)F)N(Cc1ccco1)CC(F)(F)F. The molecular formula is C11H11F6NO3.